The lowest BCUT2D eigenvalue weighted by Gasteiger charge is -2.21. The molecule has 29 heavy (non-hydrogen) atoms. The van der Waals surface area contributed by atoms with Gasteiger partial charge in [0.1, 0.15) is 0 Å². The molecule has 0 aliphatic carbocycles. The Morgan fingerprint density at radius 1 is 1.07 bits per heavy atom. The van der Waals surface area contributed by atoms with E-state index in [4.69, 9.17) is 14.2 Å². The van der Waals surface area contributed by atoms with Crippen LogP contribution in [0.1, 0.15) is 30.6 Å². The monoisotopic (exact) mass is 398 g/mol. The Morgan fingerprint density at radius 3 is 2.48 bits per heavy atom. The molecule has 1 aliphatic rings. The van der Waals surface area contributed by atoms with Gasteiger partial charge in [-0.25, -0.2) is 4.79 Å². The van der Waals surface area contributed by atoms with Gasteiger partial charge in [-0.2, -0.15) is 0 Å². The number of anilines is 2. The number of hydrogen-bond donors (Lipinski definition) is 1. The van der Waals surface area contributed by atoms with Crippen molar-refractivity contribution >= 4 is 29.2 Å². The molecular formula is C21H22N2O6. The van der Waals surface area contributed by atoms with Gasteiger partial charge in [-0.3, -0.25) is 9.59 Å². The average Bonchev–Trinajstić information content (AvgIpc) is 3.16. The van der Waals surface area contributed by atoms with Crippen molar-refractivity contribution in [2.75, 3.05) is 30.2 Å². The molecule has 1 N–H and O–H groups in total. The Morgan fingerprint density at radius 2 is 1.79 bits per heavy atom. The molecule has 1 heterocycles. The number of hydrogen-bond acceptors (Lipinski definition) is 6. The van der Waals surface area contributed by atoms with Crippen LogP contribution in [0.25, 0.3) is 0 Å². The summed E-state index contributed by atoms with van der Waals surface area (Å²) in [6.07, 6.45) is 0.105. The summed E-state index contributed by atoms with van der Waals surface area (Å²) in [7, 11) is 0. The number of amides is 2. The number of fused-ring (bicyclic) bond motifs is 1. The van der Waals surface area contributed by atoms with Gasteiger partial charge in [0.2, 0.25) is 18.6 Å². The van der Waals surface area contributed by atoms with Crippen LogP contribution in [-0.2, 0) is 14.3 Å². The van der Waals surface area contributed by atoms with Crippen molar-refractivity contribution in [1.82, 2.24) is 0 Å². The van der Waals surface area contributed by atoms with E-state index in [2.05, 4.69) is 5.32 Å². The van der Waals surface area contributed by atoms with Gasteiger partial charge in [-0.15, -0.1) is 0 Å². The molecule has 2 amide bonds. The second-order valence-electron chi connectivity index (χ2n) is 6.30. The van der Waals surface area contributed by atoms with Crippen molar-refractivity contribution in [3.8, 4) is 11.5 Å². The molecule has 0 atom stereocenters. The molecule has 8 nitrogen and oxygen atoms in total. The van der Waals surface area contributed by atoms with Crippen molar-refractivity contribution in [2.24, 2.45) is 0 Å². The zero-order valence-electron chi connectivity index (χ0n) is 16.3. The third-order valence-corrected chi connectivity index (χ3v) is 4.29. The van der Waals surface area contributed by atoms with Gasteiger partial charge in [0.15, 0.2) is 11.5 Å². The van der Waals surface area contributed by atoms with Gasteiger partial charge in [0.05, 0.1) is 12.2 Å². The second kappa shape index (κ2) is 9.09. The van der Waals surface area contributed by atoms with Crippen LogP contribution in [0.15, 0.2) is 42.5 Å². The zero-order valence-corrected chi connectivity index (χ0v) is 16.3. The van der Waals surface area contributed by atoms with Crippen LogP contribution in [-0.4, -0.2) is 37.7 Å². The Kier molecular flexibility index (Phi) is 6.33. The lowest BCUT2D eigenvalue weighted by molar-refractivity contribution is -0.117. The summed E-state index contributed by atoms with van der Waals surface area (Å²) in [6, 6.07) is 11.6. The van der Waals surface area contributed by atoms with Gasteiger partial charge in [0, 0.05) is 37.3 Å². The highest BCUT2D eigenvalue weighted by atomic mass is 16.7. The van der Waals surface area contributed by atoms with Crippen LogP contribution < -0.4 is 19.7 Å². The SMILES string of the molecule is CCOC(=O)c1ccc(N(CCC(=O)Nc2ccc3c(c2)OCO3)C(C)=O)cc1. The van der Waals surface area contributed by atoms with E-state index in [1.807, 2.05) is 0 Å². The predicted octanol–water partition coefficient (Wildman–Crippen LogP) is 2.97. The minimum atomic E-state index is -0.420. The fourth-order valence-electron chi connectivity index (χ4n) is 2.87. The van der Waals surface area contributed by atoms with Crippen molar-refractivity contribution in [2.45, 2.75) is 20.3 Å². The van der Waals surface area contributed by atoms with E-state index in [1.165, 1.54) is 11.8 Å². The van der Waals surface area contributed by atoms with Crippen molar-refractivity contribution in [3.05, 3.63) is 48.0 Å². The number of carbonyl (C=O) groups excluding carboxylic acids is 3. The number of carbonyl (C=O) groups is 3. The molecule has 0 bridgehead atoms. The van der Waals surface area contributed by atoms with Crippen LogP contribution in [0, 0.1) is 0 Å². The predicted molar refractivity (Wildman–Crippen MR) is 106 cm³/mol. The molecule has 0 spiro atoms. The van der Waals surface area contributed by atoms with Gasteiger partial charge < -0.3 is 24.4 Å². The van der Waals surface area contributed by atoms with Crippen molar-refractivity contribution < 1.29 is 28.6 Å². The normalized spacial score (nSPS) is 11.7. The second-order valence-corrected chi connectivity index (χ2v) is 6.30. The zero-order chi connectivity index (χ0) is 20.8. The van der Waals surface area contributed by atoms with Gasteiger partial charge in [0.25, 0.3) is 0 Å². The first-order valence-corrected chi connectivity index (χ1v) is 9.22. The number of esters is 1. The smallest absolute Gasteiger partial charge is 0.338 e. The summed E-state index contributed by atoms with van der Waals surface area (Å²) < 4.78 is 15.5. The first-order valence-electron chi connectivity index (χ1n) is 9.22. The first-order chi connectivity index (χ1) is 14.0. The minimum Gasteiger partial charge on any atom is -0.462 e. The molecule has 2 aromatic carbocycles. The quantitative estimate of drug-likeness (QED) is 0.721. The number of ether oxygens (including phenoxy) is 3. The molecule has 0 unspecified atom stereocenters. The maximum atomic E-state index is 12.3. The first kappa shape index (κ1) is 20.2. The fraction of sp³-hybridized carbons (Fsp3) is 0.286. The molecule has 0 saturated heterocycles. The van der Waals surface area contributed by atoms with Gasteiger partial charge >= 0.3 is 5.97 Å². The Balaban J connectivity index is 1.59. The Bertz CT molecular complexity index is 910. The van der Waals surface area contributed by atoms with Crippen LogP contribution in [0.2, 0.25) is 0 Å². The van der Waals surface area contributed by atoms with Crippen molar-refractivity contribution in [1.29, 1.82) is 0 Å². The molecule has 152 valence electrons. The summed E-state index contributed by atoms with van der Waals surface area (Å²) in [4.78, 5) is 37.6. The number of nitrogens with zero attached hydrogens (tertiary/aromatic N) is 1. The highest BCUT2D eigenvalue weighted by Gasteiger charge is 2.17. The highest BCUT2D eigenvalue weighted by Crippen LogP contribution is 2.34. The van der Waals surface area contributed by atoms with Crippen LogP contribution in [0.5, 0.6) is 11.5 Å². The molecular weight excluding hydrogens is 376 g/mol. The van der Waals surface area contributed by atoms with E-state index in [-0.39, 0.29) is 31.6 Å². The summed E-state index contributed by atoms with van der Waals surface area (Å²) in [6.45, 7) is 3.81. The summed E-state index contributed by atoms with van der Waals surface area (Å²) >= 11 is 0. The van der Waals surface area contributed by atoms with Crippen LogP contribution in [0.4, 0.5) is 11.4 Å². The molecule has 0 aromatic heterocycles. The fourth-order valence-corrected chi connectivity index (χ4v) is 2.87. The van der Waals surface area contributed by atoms with E-state index in [1.54, 1.807) is 49.4 Å². The largest absolute Gasteiger partial charge is 0.462 e. The molecule has 3 rings (SSSR count). The number of nitrogens with one attached hydrogen (secondary N) is 1. The molecule has 1 aliphatic heterocycles. The van der Waals surface area contributed by atoms with E-state index in [0.29, 0.717) is 35.0 Å². The lowest BCUT2D eigenvalue weighted by atomic mass is 10.2. The molecule has 0 radical (unpaired) electrons. The van der Waals surface area contributed by atoms with E-state index in [9.17, 15) is 14.4 Å². The average molecular weight is 398 g/mol. The maximum absolute atomic E-state index is 12.3. The minimum absolute atomic E-state index is 0.105. The molecule has 0 saturated carbocycles. The van der Waals surface area contributed by atoms with Crippen LogP contribution in [0.3, 0.4) is 0 Å². The third-order valence-electron chi connectivity index (χ3n) is 4.29. The van der Waals surface area contributed by atoms with Crippen molar-refractivity contribution in [3.63, 3.8) is 0 Å². The van der Waals surface area contributed by atoms with E-state index in [0.717, 1.165) is 0 Å². The molecule has 0 fully saturated rings. The standard InChI is InChI=1S/C21H22N2O6/c1-3-27-21(26)15-4-7-17(8-5-15)23(14(2)24)11-10-20(25)22-16-6-9-18-19(12-16)29-13-28-18/h4-9,12H,3,10-11,13H2,1-2H3,(H,22,25). The molecule has 2 aromatic rings. The van der Waals surface area contributed by atoms with Gasteiger partial charge in [-0.1, -0.05) is 0 Å². The summed E-state index contributed by atoms with van der Waals surface area (Å²) in [5.74, 6) is 0.353. The van der Waals surface area contributed by atoms with Crippen LogP contribution >= 0.6 is 0 Å². The summed E-state index contributed by atoms with van der Waals surface area (Å²) in [5.41, 5.74) is 1.59. The maximum Gasteiger partial charge on any atom is 0.338 e. The lowest BCUT2D eigenvalue weighted by Crippen LogP contribution is -2.32. The Labute approximate surface area is 168 Å². The van der Waals surface area contributed by atoms with E-state index < -0.39 is 5.97 Å². The Hall–Kier alpha value is -3.55. The van der Waals surface area contributed by atoms with Gasteiger partial charge in [-0.05, 0) is 43.3 Å². The highest BCUT2D eigenvalue weighted by molar-refractivity contribution is 5.96. The third kappa shape index (κ3) is 5.04. The number of benzene rings is 2. The van der Waals surface area contributed by atoms with E-state index >= 15 is 0 Å². The molecule has 8 heteroatoms. The topological polar surface area (TPSA) is 94.2 Å². The number of rotatable bonds is 7. The summed E-state index contributed by atoms with van der Waals surface area (Å²) in [5, 5.41) is 2.78.